The van der Waals surface area contributed by atoms with Crippen LogP contribution >= 0.6 is 0 Å². The first kappa shape index (κ1) is 11.7. The predicted octanol–water partition coefficient (Wildman–Crippen LogP) is 4.42. The minimum atomic E-state index is 0.367. The average molecular weight is 168 g/mol. The van der Waals surface area contributed by atoms with E-state index in [-0.39, 0.29) is 0 Å². The Hall–Kier alpha value is -0.260. The molecule has 0 aliphatic carbocycles. The van der Waals surface area contributed by atoms with Crippen LogP contribution in [0.4, 0.5) is 0 Å². The van der Waals surface area contributed by atoms with Crippen LogP contribution < -0.4 is 0 Å². The number of rotatable bonds is 4. The standard InChI is InChI=1S/C12H24/c1-7-11(3,4)9-10-12(5,6)8-2/h9-10H,7-8H2,1-6H3. The van der Waals surface area contributed by atoms with Gasteiger partial charge < -0.3 is 0 Å². The summed E-state index contributed by atoms with van der Waals surface area (Å²) in [7, 11) is 0. The maximum atomic E-state index is 2.36. The van der Waals surface area contributed by atoms with Gasteiger partial charge in [-0.2, -0.15) is 0 Å². The van der Waals surface area contributed by atoms with E-state index in [1.807, 2.05) is 0 Å². The molecule has 0 fully saturated rings. The van der Waals surface area contributed by atoms with E-state index >= 15 is 0 Å². The maximum Gasteiger partial charge on any atom is -0.0177 e. The fourth-order valence-electron chi connectivity index (χ4n) is 0.687. The average Bonchev–Trinajstić information content (AvgIpc) is 2.02. The van der Waals surface area contributed by atoms with E-state index in [2.05, 4.69) is 53.7 Å². The summed E-state index contributed by atoms with van der Waals surface area (Å²) in [5.41, 5.74) is 0.735. The predicted molar refractivity (Wildman–Crippen MR) is 57.3 cm³/mol. The summed E-state index contributed by atoms with van der Waals surface area (Å²) in [6.07, 6.45) is 7.14. The van der Waals surface area contributed by atoms with E-state index in [1.165, 1.54) is 12.8 Å². The van der Waals surface area contributed by atoms with Gasteiger partial charge in [0, 0.05) is 0 Å². The SMILES string of the molecule is CCC(C)(C)C=CC(C)(C)CC. The highest BCUT2D eigenvalue weighted by Gasteiger charge is 2.14. The van der Waals surface area contributed by atoms with E-state index in [4.69, 9.17) is 0 Å². The zero-order valence-corrected chi connectivity index (χ0v) is 9.57. The van der Waals surface area contributed by atoms with Crippen molar-refractivity contribution < 1.29 is 0 Å². The van der Waals surface area contributed by atoms with Crippen LogP contribution in [0.15, 0.2) is 12.2 Å². The van der Waals surface area contributed by atoms with Crippen LogP contribution in [0.5, 0.6) is 0 Å². The molecule has 0 aromatic heterocycles. The van der Waals surface area contributed by atoms with Crippen LogP contribution in [-0.2, 0) is 0 Å². The van der Waals surface area contributed by atoms with Crippen molar-refractivity contribution in [3.05, 3.63) is 12.2 Å². The summed E-state index contributed by atoms with van der Waals surface area (Å²) < 4.78 is 0. The highest BCUT2D eigenvalue weighted by molar-refractivity contribution is 5.00. The molecule has 0 heteroatoms. The Kier molecular flexibility index (Phi) is 4.02. The zero-order chi connectivity index (χ0) is 9.83. The Morgan fingerprint density at radius 3 is 1.17 bits per heavy atom. The maximum absolute atomic E-state index is 2.36. The third kappa shape index (κ3) is 4.58. The number of hydrogen-bond donors (Lipinski definition) is 0. The first-order valence-corrected chi connectivity index (χ1v) is 5.03. The van der Waals surface area contributed by atoms with Crippen molar-refractivity contribution in [2.75, 3.05) is 0 Å². The fraction of sp³-hybridized carbons (Fsp3) is 0.833. The molecule has 0 spiro atoms. The Labute approximate surface area is 78.1 Å². The van der Waals surface area contributed by atoms with Crippen molar-refractivity contribution in [3.63, 3.8) is 0 Å². The summed E-state index contributed by atoms with van der Waals surface area (Å²) in [5, 5.41) is 0. The third-order valence-electron chi connectivity index (χ3n) is 2.81. The number of hydrogen-bond acceptors (Lipinski definition) is 0. The molecule has 0 heterocycles. The highest BCUT2D eigenvalue weighted by atomic mass is 14.2. The molecule has 0 aromatic carbocycles. The number of allylic oxidation sites excluding steroid dienone is 2. The van der Waals surface area contributed by atoms with E-state index in [9.17, 15) is 0 Å². The van der Waals surface area contributed by atoms with Gasteiger partial charge in [-0.3, -0.25) is 0 Å². The quantitative estimate of drug-likeness (QED) is 0.545. The molecule has 0 rings (SSSR count). The lowest BCUT2D eigenvalue weighted by Gasteiger charge is -2.22. The molecule has 0 aromatic rings. The minimum Gasteiger partial charge on any atom is -0.0823 e. The van der Waals surface area contributed by atoms with Crippen LogP contribution in [0.3, 0.4) is 0 Å². The molecular weight excluding hydrogens is 144 g/mol. The topological polar surface area (TPSA) is 0 Å². The summed E-state index contributed by atoms with van der Waals surface area (Å²) in [6.45, 7) is 13.6. The normalized spacial score (nSPS) is 14.2. The first-order valence-electron chi connectivity index (χ1n) is 5.03. The second kappa shape index (κ2) is 4.11. The van der Waals surface area contributed by atoms with Gasteiger partial charge in [-0.05, 0) is 23.7 Å². The molecule has 0 bridgehead atoms. The van der Waals surface area contributed by atoms with Crippen molar-refractivity contribution in [1.82, 2.24) is 0 Å². The Bertz CT molecular complexity index is 131. The van der Waals surface area contributed by atoms with E-state index < -0.39 is 0 Å². The lowest BCUT2D eigenvalue weighted by Crippen LogP contribution is -2.10. The molecule has 12 heavy (non-hydrogen) atoms. The lowest BCUT2D eigenvalue weighted by molar-refractivity contribution is 0.426. The molecular formula is C12H24. The van der Waals surface area contributed by atoms with Gasteiger partial charge >= 0.3 is 0 Å². The van der Waals surface area contributed by atoms with Crippen molar-refractivity contribution in [2.24, 2.45) is 10.8 Å². The van der Waals surface area contributed by atoms with Crippen LogP contribution in [0.2, 0.25) is 0 Å². The Morgan fingerprint density at radius 2 is 1.00 bits per heavy atom. The van der Waals surface area contributed by atoms with Crippen LogP contribution in [0.1, 0.15) is 54.4 Å². The van der Waals surface area contributed by atoms with Crippen LogP contribution in [-0.4, -0.2) is 0 Å². The van der Waals surface area contributed by atoms with Crippen molar-refractivity contribution >= 4 is 0 Å². The molecule has 0 atom stereocenters. The van der Waals surface area contributed by atoms with Gasteiger partial charge in [-0.1, -0.05) is 53.7 Å². The van der Waals surface area contributed by atoms with Gasteiger partial charge in [0.05, 0.1) is 0 Å². The molecule has 0 amide bonds. The molecule has 0 saturated heterocycles. The summed E-state index contributed by atoms with van der Waals surface area (Å²) in [6, 6.07) is 0. The molecule has 0 unspecified atom stereocenters. The summed E-state index contributed by atoms with van der Waals surface area (Å²) >= 11 is 0. The molecule has 0 N–H and O–H groups in total. The van der Waals surface area contributed by atoms with Gasteiger partial charge in [0.15, 0.2) is 0 Å². The van der Waals surface area contributed by atoms with Gasteiger partial charge in [0.25, 0.3) is 0 Å². The van der Waals surface area contributed by atoms with Crippen LogP contribution in [0.25, 0.3) is 0 Å². The minimum absolute atomic E-state index is 0.367. The Balaban J connectivity index is 4.23. The lowest BCUT2D eigenvalue weighted by atomic mass is 9.83. The molecule has 0 saturated carbocycles. The highest BCUT2D eigenvalue weighted by Crippen LogP contribution is 2.27. The van der Waals surface area contributed by atoms with Crippen molar-refractivity contribution in [1.29, 1.82) is 0 Å². The summed E-state index contributed by atoms with van der Waals surface area (Å²) in [5.74, 6) is 0. The smallest absolute Gasteiger partial charge is 0.0177 e. The fourth-order valence-corrected chi connectivity index (χ4v) is 0.687. The molecule has 72 valence electrons. The van der Waals surface area contributed by atoms with E-state index in [1.54, 1.807) is 0 Å². The van der Waals surface area contributed by atoms with Gasteiger partial charge in [-0.15, -0.1) is 0 Å². The van der Waals surface area contributed by atoms with Gasteiger partial charge in [-0.25, -0.2) is 0 Å². The largest absolute Gasteiger partial charge is 0.0823 e. The van der Waals surface area contributed by atoms with Crippen LogP contribution in [0, 0.1) is 10.8 Å². The zero-order valence-electron chi connectivity index (χ0n) is 9.57. The first-order chi connectivity index (χ1) is 5.33. The van der Waals surface area contributed by atoms with Crippen molar-refractivity contribution in [3.8, 4) is 0 Å². The molecule has 0 radical (unpaired) electrons. The van der Waals surface area contributed by atoms with E-state index in [0.29, 0.717) is 10.8 Å². The second-order valence-corrected chi connectivity index (χ2v) is 5.02. The molecule has 0 nitrogen and oxygen atoms in total. The van der Waals surface area contributed by atoms with Crippen molar-refractivity contribution in [2.45, 2.75) is 54.4 Å². The second-order valence-electron chi connectivity index (χ2n) is 5.02. The Morgan fingerprint density at radius 1 is 0.750 bits per heavy atom. The van der Waals surface area contributed by atoms with Gasteiger partial charge in [0.1, 0.15) is 0 Å². The summed E-state index contributed by atoms with van der Waals surface area (Å²) in [4.78, 5) is 0. The monoisotopic (exact) mass is 168 g/mol. The third-order valence-corrected chi connectivity index (χ3v) is 2.81. The van der Waals surface area contributed by atoms with E-state index in [0.717, 1.165) is 0 Å². The van der Waals surface area contributed by atoms with Gasteiger partial charge in [0.2, 0.25) is 0 Å². The molecule has 0 aliphatic heterocycles. The molecule has 0 aliphatic rings.